The van der Waals surface area contributed by atoms with E-state index in [2.05, 4.69) is 5.32 Å². The van der Waals surface area contributed by atoms with Crippen molar-refractivity contribution in [2.75, 3.05) is 9.62 Å². The summed E-state index contributed by atoms with van der Waals surface area (Å²) in [5, 5.41) is 2.41. The monoisotopic (exact) mass is 428 g/mol. The topological polar surface area (TPSA) is 66.5 Å². The number of fused-ring (bicyclic) bond motifs is 1. The van der Waals surface area contributed by atoms with Crippen LogP contribution in [-0.4, -0.2) is 20.4 Å². The molecule has 3 aromatic carbocycles. The predicted octanol–water partition coefficient (Wildman–Crippen LogP) is 4.36. The Morgan fingerprint density at radius 2 is 1.77 bits per heavy atom. The summed E-state index contributed by atoms with van der Waals surface area (Å²) in [5.74, 6) is -2.18. The Labute approximate surface area is 173 Å². The number of benzene rings is 3. The number of sulfonamides is 1. The highest BCUT2D eigenvalue weighted by Crippen LogP contribution is 2.37. The molecule has 3 aromatic rings. The van der Waals surface area contributed by atoms with Crippen LogP contribution in [0.2, 0.25) is 0 Å². The van der Waals surface area contributed by atoms with Gasteiger partial charge in [-0.25, -0.2) is 17.2 Å². The van der Waals surface area contributed by atoms with Gasteiger partial charge in [0.2, 0.25) is 0 Å². The molecule has 0 bridgehead atoms. The Morgan fingerprint density at radius 3 is 2.47 bits per heavy atom. The first kappa shape index (κ1) is 20.0. The number of hydrogen-bond donors (Lipinski definition) is 1. The summed E-state index contributed by atoms with van der Waals surface area (Å²) in [4.78, 5) is 12.7. The van der Waals surface area contributed by atoms with Crippen molar-refractivity contribution in [3.05, 3.63) is 89.5 Å². The fraction of sp³-hybridized carbons (Fsp3) is 0.136. The molecule has 1 atom stereocenters. The summed E-state index contributed by atoms with van der Waals surface area (Å²) in [5.41, 5.74) is 1.33. The summed E-state index contributed by atoms with van der Waals surface area (Å²) in [6.45, 7) is 1.80. The molecular weight excluding hydrogens is 410 g/mol. The number of halogens is 2. The van der Waals surface area contributed by atoms with Crippen molar-refractivity contribution in [3.8, 4) is 0 Å². The van der Waals surface area contributed by atoms with Crippen LogP contribution in [0.1, 0.15) is 22.8 Å². The second-order valence-electron chi connectivity index (χ2n) is 7.09. The molecule has 0 radical (unpaired) electrons. The first-order valence-electron chi connectivity index (χ1n) is 9.26. The van der Waals surface area contributed by atoms with Gasteiger partial charge in [0.15, 0.2) is 0 Å². The zero-order valence-electron chi connectivity index (χ0n) is 16.0. The molecule has 154 valence electrons. The molecular formula is C22H18F2N2O3S. The third-order valence-corrected chi connectivity index (χ3v) is 6.92. The molecule has 1 aliphatic heterocycles. The number of amides is 1. The average Bonchev–Trinajstić information content (AvgIpc) is 3.06. The van der Waals surface area contributed by atoms with Crippen molar-refractivity contribution in [2.24, 2.45) is 0 Å². The summed E-state index contributed by atoms with van der Waals surface area (Å²) in [6, 6.07) is 15.4. The van der Waals surface area contributed by atoms with Gasteiger partial charge in [-0.1, -0.05) is 18.2 Å². The van der Waals surface area contributed by atoms with Crippen LogP contribution in [0.4, 0.5) is 20.2 Å². The second-order valence-corrected chi connectivity index (χ2v) is 8.90. The molecule has 8 heteroatoms. The molecule has 0 aromatic heterocycles. The normalized spacial score (nSPS) is 15.7. The van der Waals surface area contributed by atoms with Gasteiger partial charge in [-0.05, 0) is 61.4 Å². The number of nitrogens with zero attached hydrogens (tertiary/aromatic N) is 1. The number of carbonyl (C=O) groups is 1. The van der Waals surface area contributed by atoms with Crippen molar-refractivity contribution in [1.82, 2.24) is 0 Å². The van der Waals surface area contributed by atoms with E-state index >= 15 is 0 Å². The molecule has 0 aliphatic carbocycles. The van der Waals surface area contributed by atoms with E-state index in [1.807, 2.05) is 0 Å². The number of nitrogens with one attached hydrogen (secondary N) is 1. The molecule has 1 amide bonds. The maximum absolute atomic E-state index is 13.8. The Bertz CT molecular complexity index is 1230. The van der Waals surface area contributed by atoms with Crippen LogP contribution in [0, 0.1) is 11.6 Å². The first-order valence-corrected chi connectivity index (χ1v) is 10.7. The minimum atomic E-state index is -3.74. The van der Waals surface area contributed by atoms with Gasteiger partial charge in [-0.2, -0.15) is 0 Å². The lowest BCUT2D eigenvalue weighted by molar-refractivity contribution is 0.102. The van der Waals surface area contributed by atoms with Crippen molar-refractivity contribution < 1.29 is 22.0 Å². The van der Waals surface area contributed by atoms with Crippen LogP contribution in [0.25, 0.3) is 0 Å². The molecule has 4 rings (SSSR count). The number of carbonyl (C=O) groups excluding carboxylic acids is 1. The van der Waals surface area contributed by atoms with E-state index in [9.17, 15) is 22.0 Å². The van der Waals surface area contributed by atoms with Gasteiger partial charge in [0.1, 0.15) is 11.6 Å². The van der Waals surface area contributed by atoms with Crippen LogP contribution in [0.5, 0.6) is 0 Å². The Kier molecular flexibility index (Phi) is 5.03. The summed E-state index contributed by atoms with van der Waals surface area (Å²) in [7, 11) is -3.74. The Balaban J connectivity index is 1.63. The summed E-state index contributed by atoms with van der Waals surface area (Å²) >= 11 is 0. The molecule has 1 N–H and O–H groups in total. The van der Waals surface area contributed by atoms with Crippen LogP contribution >= 0.6 is 0 Å². The van der Waals surface area contributed by atoms with Gasteiger partial charge in [-0.3, -0.25) is 9.10 Å². The lowest BCUT2D eigenvalue weighted by Crippen LogP contribution is -2.35. The van der Waals surface area contributed by atoms with Gasteiger partial charge >= 0.3 is 0 Å². The third-order valence-electron chi connectivity index (χ3n) is 4.97. The lowest BCUT2D eigenvalue weighted by atomic mass is 10.1. The van der Waals surface area contributed by atoms with Gasteiger partial charge in [0, 0.05) is 17.7 Å². The first-order chi connectivity index (χ1) is 14.3. The second kappa shape index (κ2) is 7.53. The van der Waals surface area contributed by atoms with Crippen LogP contribution in [-0.2, 0) is 16.4 Å². The predicted molar refractivity (Wildman–Crippen MR) is 110 cm³/mol. The lowest BCUT2D eigenvalue weighted by Gasteiger charge is -2.24. The quantitative estimate of drug-likeness (QED) is 0.672. The largest absolute Gasteiger partial charge is 0.319 e. The average molecular weight is 428 g/mol. The highest BCUT2D eigenvalue weighted by atomic mass is 32.2. The van der Waals surface area contributed by atoms with E-state index in [0.717, 1.165) is 12.1 Å². The van der Waals surface area contributed by atoms with E-state index < -0.39 is 27.6 Å². The van der Waals surface area contributed by atoms with Crippen molar-refractivity contribution in [3.63, 3.8) is 0 Å². The zero-order valence-corrected chi connectivity index (χ0v) is 16.8. The van der Waals surface area contributed by atoms with Gasteiger partial charge in [0.05, 0.1) is 16.3 Å². The van der Waals surface area contributed by atoms with Gasteiger partial charge in [-0.15, -0.1) is 0 Å². The van der Waals surface area contributed by atoms with E-state index in [1.54, 1.807) is 49.4 Å². The molecule has 0 fully saturated rings. The van der Waals surface area contributed by atoms with Gasteiger partial charge in [0.25, 0.3) is 15.9 Å². The number of rotatable bonds is 4. The van der Waals surface area contributed by atoms with Crippen LogP contribution in [0.3, 0.4) is 0 Å². The SMILES string of the molecule is C[C@H]1Cc2cc(C(=O)Nc3ccc(F)cc3F)ccc2N1S(=O)(=O)c1ccccc1. The van der Waals surface area contributed by atoms with E-state index in [4.69, 9.17) is 0 Å². The molecule has 30 heavy (non-hydrogen) atoms. The third kappa shape index (κ3) is 3.54. The molecule has 5 nitrogen and oxygen atoms in total. The highest BCUT2D eigenvalue weighted by molar-refractivity contribution is 7.92. The van der Waals surface area contributed by atoms with Crippen molar-refractivity contribution in [1.29, 1.82) is 0 Å². The van der Waals surface area contributed by atoms with Crippen LogP contribution in [0.15, 0.2) is 71.6 Å². The molecule has 1 heterocycles. The van der Waals surface area contributed by atoms with Crippen LogP contribution < -0.4 is 9.62 Å². The maximum Gasteiger partial charge on any atom is 0.264 e. The Morgan fingerprint density at radius 1 is 1.03 bits per heavy atom. The van der Waals surface area contributed by atoms with Gasteiger partial charge < -0.3 is 5.32 Å². The molecule has 0 spiro atoms. The molecule has 0 saturated carbocycles. The number of anilines is 2. The van der Waals surface area contributed by atoms with E-state index in [-0.39, 0.29) is 22.2 Å². The zero-order chi connectivity index (χ0) is 21.5. The maximum atomic E-state index is 13.8. The molecule has 0 saturated heterocycles. The van der Waals surface area contributed by atoms with Crippen molar-refractivity contribution >= 4 is 27.3 Å². The Hall–Kier alpha value is -3.26. The van der Waals surface area contributed by atoms with E-state index in [0.29, 0.717) is 23.7 Å². The number of hydrogen-bond acceptors (Lipinski definition) is 3. The standard InChI is InChI=1S/C22H18F2N2O3S/c1-14-11-16-12-15(22(27)25-20-9-8-17(23)13-19(20)24)7-10-21(16)26(14)30(28,29)18-5-3-2-4-6-18/h2-10,12-14H,11H2,1H3,(H,25,27)/t14-/m0/s1. The fourth-order valence-corrected chi connectivity index (χ4v) is 5.32. The highest BCUT2D eigenvalue weighted by Gasteiger charge is 2.36. The minimum Gasteiger partial charge on any atom is -0.319 e. The van der Waals surface area contributed by atoms with Crippen molar-refractivity contribution in [2.45, 2.75) is 24.3 Å². The molecule has 0 unspecified atom stereocenters. The summed E-state index contributed by atoms with van der Waals surface area (Å²) < 4.78 is 54.4. The van der Waals surface area contributed by atoms with E-state index in [1.165, 1.54) is 10.4 Å². The smallest absolute Gasteiger partial charge is 0.264 e. The summed E-state index contributed by atoms with van der Waals surface area (Å²) in [6.07, 6.45) is 0.438. The minimum absolute atomic E-state index is 0.136. The molecule has 1 aliphatic rings. The fourth-order valence-electron chi connectivity index (χ4n) is 3.60.